The molecule has 0 bridgehead atoms. The fraction of sp³-hybridized carbons (Fsp3) is 0.147. The van der Waals surface area contributed by atoms with Crippen LogP contribution in [0.3, 0.4) is 0 Å². The first-order chi connectivity index (χ1) is 21.2. The molecule has 1 saturated heterocycles. The molecule has 1 fully saturated rings. The third kappa shape index (κ3) is 7.12. The first-order valence-electron chi connectivity index (χ1n) is 13.8. The number of nitrogens with one attached hydrogen (secondary N) is 1. The number of nitrogens with zero attached hydrogens (tertiary/aromatic N) is 1. The van der Waals surface area contributed by atoms with Gasteiger partial charge in [0.05, 0.1) is 12.3 Å². The van der Waals surface area contributed by atoms with E-state index in [1.165, 1.54) is 12.1 Å². The summed E-state index contributed by atoms with van der Waals surface area (Å²) >= 11 is 9.68. The quantitative estimate of drug-likeness (QED) is 0.137. The second-order valence-electron chi connectivity index (χ2n) is 9.85. The number of benzene rings is 4. The van der Waals surface area contributed by atoms with Crippen LogP contribution in [0.15, 0.2) is 95.0 Å². The number of aryl methyl sites for hydroxylation is 1. The van der Waals surface area contributed by atoms with E-state index in [4.69, 9.17) is 25.8 Å². The fourth-order valence-corrected chi connectivity index (χ4v) is 5.01. The average Bonchev–Trinajstić information content (AvgIpc) is 3.00. The highest BCUT2D eigenvalue weighted by atomic mass is 79.9. The Kier molecular flexibility index (Phi) is 9.67. The molecule has 1 aliphatic rings. The second-order valence-corrected chi connectivity index (χ2v) is 11.2. The van der Waals surface area contributed by atoms with Crippen molar-refractivity contribution in [3.63, 3.8) is 0 Å². The molecule has 4 aromatic rings. The number of carbonyl (C=O) groups is 3. The molecule has 1 heterocycles. The van der Waals surface area contributed by atoms with Crippen LogP contribution in [0.2, 0.25) is 5.02 Å². The number of hydrogen-bond acceptors (Lipinski definition) is 6. The molecule has 1 N–H and O–H groups in total. The lowest BCUT2D eigenvalue weighted by Crippen LogP contribution is -2.54. The van der Waals surface area contributed by atoms with Gasteiger partial charge in [-0.05, 0) is 79.1 Å². The predicted molar refractivity (Wildman–Crippen MR) is 172 cm³/mol. The van der Waals surface area contributed by atoms with Crippen LogP contribution in [0.1, 0.15) is 29.2 Å². The molecule has 1 aliphatic heterocycles. The summed E-state index contributed by atoms with van der Waals surface area (Å²) in [6.07, 6.45) is 1.40. The number of amides is 4. The zero-order valence-electron chi connectivity index (χ0n) is 23.9. The van der Waals surface area contributed by atoms with E-state index in [1.54, 1.807) is 37.3 Å². The van der Waals surface area contributed by atoms with E-state index in [-0.39, 0.29) is 17.9 Å². The van der Waals surface area contributed by atoms with Crippen LogP contribution in [0.5, 0.6) is 17.2 Å². The maximum Gasteiger partial charge on any atom is 0.335 e. The monoisotopic (exact) mass is 674 g/mol. The van der Waals surface area contributed by atoms with E-state index >= 15 is 0 Å². The van der Waals surface area contributed by atoms with Crippen molar-refractivity contribution >= 4 is 57.1 Å². The van der Waals surface area contributed by atoms with E-state index in [0.717, 1.165) is 21.6 Å². The SMILES string of the molecule is CCOc1cc(COc2ccc(Br)cc2/C=C2\C(=O)NC(=O)N(c3ccc(C)c(Cl)c3)C2=O)ccc1OCc1ccccc1. The molecule has 5 rings (SSSR count). The Morgan fingerprint density at radius 1 is 0.818 bits per heavy atom. The number of hydrogen-bond donors (Lipinski definition) is 1. The molecule has 10 heteroatoms. The van der Waals surface area contributed by atoms with Crippen LogP contribution in [0.4, 0.5) is 10.5 Å². The van der Waals surface area contributed by atoms with Gasteiger partial charge >= 0.3 is 6.03 Å². The Hall–Kier alpha value is -4.60. The molecule has 4 aromatic carbocycles. The van der Waals surface area contributed by atoms with Crippen LogP contribution in [0, 0.1) is 6.92 Å². The highest BCUT2D eigenvalue weighted by Gasteiger charge is 2.37. The van der Waals surface area contributed by atoms with Crippen LogP contribution >= 0.6 is 27.5 Å². The Bertz CT molecular complexity index is 1760. The van der Waals surface area contributed by atoms with E-state index in [9.17, 15) is 14.4 Å². The molecule has 0 aliphatic carbocycles. The molecule has 0 aromatic heterocycles. The van der Waals surface area contributed by atoms with Gasteiger partial charge in [-0.15, -0.1) is 0 Å². The molecule has 8 nitrogen and oxygen atoms in total. The first-order valence-corrected chi connectivity index (χ1v) is 14.9. The summed E-state index contributed by atoms with van der Waals surface area (Å²) in [7, 11) is 0. The van der Waals surface area contributed by atoms with Crippen LogP contribution in [-0.2, 0) is 22.8 Å². The van der Waals surface area contributed by atoms with Gasteiger partial charge in [-0.3, -0.25) is 14.9 Å². The number of ether oxygens (including phenoxy) is 3. The minimum Gasteiger partial charge on any atom is -0.490 e. The summed E-state index contributed by atoms with van der Waals surface area (Å²) in [5, 5.41) is 2.62. The van der Waals surface area contributed by atoms with Crippen LogP contribution in [0.25, 0.3) is 6.08 Å². The largest absolute Gasteiger partial charge is 0.490 e. The number of halogens is 2. The molecular formula is C34H28BrClN2O6. The Morgan fingerprint density at radius 2 is 1.55 bits per heavy atom. The van der Waals surface area contributed by atoms with Crippen molar-refractivity contribution in [2.45, 2.75) is 27.1 Å². The van der Waals surface area contributed by atoms with Crippen molar-refractivity contribution in [3.05, 3.63) is 122 Å². The van der Waals surface area contributed by atoms with Crippen molar-refractivity contribution in [2.24, 2.45) is 0 Å². The number of anilines is 1. The van der Waals surface area contributed by atoms with Crippen molar-refractivity contribution < 1.29 is 28.6 Å². The van der Waals surface area contributed by atoms with Crippen LogP contribution < -0.4 is 24.4 Å². The normalized spacial score (nSPS) is 14.0. The molecule has 0 spiro atoms. The highest BCUT2D eigenvalue weighted by molar-refractivity contribution is 9.10. The standard InChI is InChI=1S/C34H28BrClN2O6/c1-3-42-31-15-23(10-13-30(31)44-19-22-7-5-4-6-8-22)20-43-29-14-11-25(35)16-24(29)17-27-32(39)37-34(41)38(33(27)40)26-12-9-21(2)28(36)18-26/h4-18H,3,19-20H2,1-2H3,(H,37,39,41)/b27-17+. The molecule has 0 saturated carbocycles. The predicted octanol–water partition coefficient (Wildman–Crippen LogP) is 7.63. The fourth-order valence-electron chi connectivity index (χ4n) is 4.46. The number of imide groups is 2. The Morgan fingerprint density at radius 3 is 2.30 bits per heavy atom. The minimum absolute atomic E-state index is 0.170. The molecule has 44 heavy (non-hydrogen) atoms. The summed E-state index contributed by atoms with van der Waals surface area (Å²) < 4.78 is 18.7. The minimum atomic E-state index is -0.857. The zero-order chi connectivity index (χ0) is 31.2. The van der Waals surface area contributed by atoms with E-state index in [2.05, 4.69) is 21.2 Å². The van der Waals surface area contributed by atoms with Gasteiger partial charge in [0.2, 0.25) is 0 Å². The van der Waals surface area contributed by atoms with E-state index in [1.807, 2.05) is 55.5 Å². The van der Waals surface area contributed by atoms with Gasteiger partial charge in [0, 0.05) is 15.1 Å². The maximum absolute atomic E-state index is 13.5. The van der Waals surface area contributed by atoms with Gasteiger partial charge < -0.3 is 14.2 Å². The van der Waals surface area contributed by atoms with Gasteiger partial charge in [-0.2, -0.15) is 0 Å². The van der Waals surface area contributed by atoms with E-state index in [0.29, 0.717) is 45.5 Å². The third-order valence-electron chi connectivity index (χ3n) is 6.73. The van der Waals surface area contributed by atoms with Crippen molar-refractivity contribution in [1.82, 2.24) is 5.32 Å². The van der Waals surface area contributed by atoms with Gasteiger partial charge in [0.15, 0.2) is 11.5 Å². The molecule has 4 amide bonds. The van der Waals surface area contributed by atoms with Gasteiger partial charge in [0.25, 0.3) is 11.8 Å². The van der Waals surface area contributed by atoms with E-state index < -0.39 is 17.8 Å². The lowest BCUT2D eigenvalue weighted by Gasteiger charge is -2.26. The van der Waals surface area contributed by atoms with Gasteiger partial charge in [-0.25, -0.2) is 9.69 Å². The Balaban J connectivity index is 1.37. The summed E-state index contributed by atoms with van der Waals surface area (Å²) in [5.74, 6) is 0.0350. The zero-order valence-corrected chi connectivity index (χ0v) is 26.3. The van der Waals surface area contributed by atoms with Gasteiger partial charge in [-0.1, -0.05) is 70.0 Å². The Labute approximate surface area is 268 Å². The molecule has 0 unspecified atom stereocenters. The first kappa shape index (κ1) is 30.8. The maximum atomic E-state index is 13.5. The number of urea groups is 1. The number of barbiturate groups is 1. The summed E-state index contributed by atoms with van der Waals surface area (Å²) in [5.41, 5.74) is 3.12. The lowest BCUT2D eigenvalue weighted by atomic mass is 10.1. The summed E-state index contributed by atoms with van der Waals surface area (Å²) in [4.78, 5) is 39.8. The van der Waals surface area contributed by atoms with Crippen molar-refractivity contribution in [1.29, 1.82) is 0 Å². The van der Waals surface area contributed by atoms with Crippen molar-refractivity contribution in [2.75, 3.05) is 11.5 Å². The molecule has 224 valence electrons. The highest BCUT2D eigenvalue weighted by Crippen LogP contribution is 2.32. The number of rotatable bonds is 10. The molecular weight excluding hydrogens is 648 g/mol. The number of carbonyl (C=O) groups excluding carboxylic acids is 3. The molecule has 0 atom stereocenters. The second kappa shape index (κ2) is 13.8. The summed E-state index contributed by atoms with van der Waals surface area (Å²) in [6.45, 7) is 4.74. The average molecular weight is 676 g/mol. The lowest BCUT2D eigenvalue weighted by molar-refractivity contribution is -0.122. The van der Waals surface area contributed by atoms with Crippen LogP contribution in [-0.4, -0.2) is 24.5 Å². The van der Waals surface area contributed by atoms with Crippen molar-refractivity contribution in [3.8, 4) is 17.2 Å². The topological polar surface area (TPSA) is 94.2 Å². The smallest absolute Gasteiger partial charge is 0.335 e. The molecule has 0 radical (unpaired) electrons. The summed E-state index contributed by atoms with van der Waals surface area (Å²) in [6, 6.07) is 24.6. The van der Waals surface area contributed by atoms with Gasteiger partial charge in [0.1, 0.15) is 24.5 Å². The third-order valence-corrected chi connectivity index (χ3v) is 7.63.